The number of methoxy groups -OCH3 is 1. The Bertz CT molecular complexity index is 1070. The minimum Gasteiger partial charge on any atom is -0.497 e. The summed E-state index contributed by atoms with van der Waals surface area (Å²) in [5.74, 6) is 1.18. The number of hydrogen-bond acceptors (Lipinski definition) is 5. The van der Waals surface area contributed by atoms with Gasteiger partial charge in [0.2, 0.25) is 5.91 Å². The molecule has 7 heteroatoms. The van der Waals surface area contributed by atoms with Crippen LogP contribution in [0.2, 0.25) is 0 Å². The molecule has 26 heavy (non-hydrogen) atoms. The van der Waals surface area contributed by atoms with Crippen LogP contribution in [0.15, 0.2) is 54.2 Å². The molecule has 0 spiro atoms. The minimum absolute atomic E-state index is 0.112. The van der Waals surface area contributed by atoms with Gasteiger partial charge in [-0.3, -0.25) is 4.79 Å². The molecule has 1 amide bonds. The van der Waals surface area contributed by atoms with Gasteiger partial charge in [-0.2, -0.15) is 0 Å². The summed E-state index contributed by atoms with van der Waals surface area (Å²) in [7, 11) is 1.61. The predicted molar refractivity (Wildman–Crippen MR) is 103 cm³/mol. The number of thiazole rings is 1. The Morgan fingerprint density at radius 2 is 2.19 bits per heavy atom. The number of carbonyl (C=O) groups is 1. The van der Waals surface area contributed by atoms with E-state index in [0.717, 1.165) is 32.9 Å². The summed E-state index contributed by atoms with van der Waals surface area (Å²) < 4.78 is 5.18. The maximum atomic E-state index is 12.3. The van der Waals surface area contributed by atoms with Gasteiger partial charge in [0.25, 0.3) is 0 Å². The molecule has 0 aliphatic carbocycles. The van der Waals surface area contributed by atoms with Gasteiger partial charge in [0.05, 0.1) is 30.9 Å². The smallest absolute Gasteiger partial charge is 0.229 e. The Morgan fingerprint density at radius 1 is 1.27 bits per heavy atom. The molecule has 2 aromatic carbocycles. The molecule has 0 saturated heterocycles. The topological polar surface area (TPSA) is 79.9 Å². The number of fused-ring (bicyclic) bond motifs is 1. The number of aromatic nitrogens is 3. The first-order chi connectivity index (χ1) is 12.7. The Morgan fingerprint density at radius 3 is 3.08 bits per heavy atom. The molecule has 0 aliphatic rings. The van der Waals surface area contributed by atoms with Crippen molar-refractivity contribution in [1.82, 2.24) is 15.0 Å². The maximum absolute atomic E-state index is 12.3. The van der Waals surface area contributed by atoms with Crippen molar-refractivity contribution in [3.05, 3.63) is 59.7 Å². The van der Waals surface area contributed by atoms with E-state index in [0.29, 0.717) is 5.82 Å². The number of imidazole rings is 1. The average Bonchev–Trinajstić information content (AvgIpc) is 3.30. The molecule has 6 nitrogen and oxygen atoms in total. The second-order valence-electron chi connectivity index (χ2n) is 5.75. The summed E-state index contributed by atoms with van der Waals surface area (Å²) in [4.78, 5) is 24.1. The Kier molecular flexibility index (Phi) is 4.37. The Hall–Kier alpha value is -3.19. The summed E-state index contributed by atoms with van der Waals surface area (Å²) in [6.45, 7) is 0. The molecule has 4 rings (SSSR count). The SMILES string of the molecule is COc1cccc(CC(=O)Nc2csc(-c3ccc4nc[nH]c4c3)n2)c1. The number of nitrogens with zero attached hydrogens (tertiary/aromatic N) is 2. The van der Waals surface area contributed by atoms with Crippen molar-refractivity contribution in [2.24, 2.45) is 0 Å². The van der Waals surface area contributed by atoms with Gasteiger partial charge in [0.15, 0.2) is 0 Å². The standard InChI is InChI=1S/C19H16N4O2S/c1-25-14-4-2-3-12(7-14)8-18(24)22-17-10-26-19(23-17)13-5-6-15-16(9-13)21-11-20-15/h2-7,9-11H,8H2,1H3,(H,20,21)(H,22,24). The number of H-pyrrole nitrogens is 1. The van der Waals surface area contributed by atoms with E-state index in [4.69, 9.17) is 4.74 Å². The van der Waals surface area contributed by atoms with Gasteiger partial charge in [-0.15, -0.1) is 11.3 Å². The largest absolute Gasteiger partial charge is 0.497 e. The quantitative estimate of drug-likeness (QED) is 0.563. The molecule has 0 atom stereocenters. The van der Waals surface area contributed by atoms with Gasteiger partial charge in [0, 0.05) is 10.9 Å². The van der Waals surface area contributed by atoms with Crippen LogP contribution < -0.4 is 10.1 Å². The van der Waals surface area contributed by atoms with E-state index >= 15 is 0 Å². The Labute approximate surface area is 153 Å². The van der Waals surface area contributed by atoms with Crippen molar-refractivity contribution in [3.63, 3.8) is 0 Å². The van der Waals surface area contributed by atoms with E-state index in [1.165, 1.54) is 11.3 Å². The molecule has 2 heterocycles. The second-order valence-corrected chi connectivity index (χ2v) is 6.61. The van der Waals surface area contributed by atoms with Gasteiger partial charge in [0.1, 0.15) is 16.6 Å². The van der Waals surface area contributed by atoms with Gasteiger partial charge in [-0.05, 0) is 35.9 Å². The predicted octanol–water partition coefficient (Wildman–Crippen LogP) is 3.88. The lowest BCUT2D eigenvalue weighted by molar-refractivity contribution is -0.115. The first-order valence-corrected chi connectivity index (χ1v) is 8.91. The number of benzene rings is 2. The zero-order valence-electron chi connectivity index (χ0n) is 14.0. The first-order valence-electron chi connectivity index (χ1n) is 8.03. The average molecular weight is 364 g/mol. The fourth-order valence-corrected chi connectivity index (χ4v) is 3.44. The van der Waals surface area contributed by atoms with E-state index in [-0.39, 0.29) is 12.3 Å². The van der Waals surface area contributed by atoms with E-state index in [1.54, 1.807) is 13.4 Å². The van der Waals surface area contributed by atoms with Crippen molar-refractivity contribution >= 4 is 34.1 Å². The zero-order chi connectivity index (χ0) is 17.9. The van der Waals surface area contributed by atoms with Gasteiger partial charge < -0.3 is 15.0 Å². The van der Waals surface area contributed by atoms with Crippen LogP contribution in [0.5, 0.6) is 5.75 Å². The number of hydrogen-bond donors (Lipinski definition) is 2. The lowest BCUT2D eigenvalue weighted by atomic mass is 10.1. The van der Waals surface area contributed by atoms with Gasteiger partial charge >= 0.3 is 0 Å². The van der Waals surface area contributed by atoms with Crippen LogP contribution in [0.1, 0.15) is 5.56 Å². The monoisotopic (exact) mass is 364 g/mol. The molecule has 2 aromatic heterocycles. The molecule has 0 radical (unpaired) electrons. The van der Waals surface area contributed by atoms with Gasteiger partial charge in [-0.25, -0.2) is 9.97 Å². The molecule has 4 aromatic rings. The first kappa shape index (κ1) is 16.3. The van der Waals surface area contributed by atoms with E-state index < -0.39 is 0 Å². The summed E-state index contributed by atoms with van der Waals surface area (Å²) in [5, 5.41) is 5.54. The normalized spacial score (nSPS) is 10.8. The van der Waals surface area contributed by atoms with Crippen molar-refractivity contribution in [2.45, 2.75) is 6.42 Å². The maximum Gasteiger partial charge on any atom is 0.229 e. The molecule has 0 saturated carbocycles. The molecular weight excluding hydrogens is 348 g/mol. The number of amides is 1. The summed E-state index contributed by atoms with van der Waals surface area (Å²) in [6.07, 6.45) is 1.94. The van der Waals surface area contributed by atoms with Crippen LogP contribution >= 0.6 is 11.3 Å². The highest BCUT2D eigenvalue weighted by Crippen LogP contribution is 2.28. The fraction of sp³-hybridized carbons (Fsp3) is 0.105. The van der Waals surface area contributed by atoms with E-state index in [9.17, 15) is 4.79 Å². The number of nitrogens with one attached hydrogen (secondary N) is 2. The summed E-state index contributed by atoms with van der Waals surface area (Å²) in [5.41, 5.74) is 3.75. The second kappa shape index (κ2) is 6.97. The molecule has 130 valence electrons. The number of anilines is 1. The zero-order valence-corrected chi connectivity index (χ0v) is 14.8. The number of carbonyl (C=O) groups excluding carboxylic acids is 1. The molecule has 0 bridgehead atoms. The summed E-state index contributed by atoms with van der Waals surface area (Å²) >= 11 is 1.49. The third-order valence-electron chi connectivity index (χ3n) is 3.94. The lowest BCUT2D eigenvalue weighted by Crippen LogP contribution is -2.14. The molecule has 2 N–H and O–H groups in total. The molecule has 0 unspecified atom stereocenters. The van der Waals surface area contributed by atoms with Crippen LogP contribution in [0.25, 0.3) is 21.6 Å². The molecular formula is C19H16N4O2S. The highest BCUT2D eigenvalue weighted by molar-refractivity contribution is 7.13. The highest BCUT2D eigenvalue weighted by Gasteiger charge is 2.10. The van der Waals surface area contributed by atoms with Crippen molar-refractivity contribution < 1.29 is 9.53 Å². The van der Waals surface area contributed by atoms with Crippen molar-refractivity contribution in [2.75, 3.05) is 12.4 Å². The van der Waals surface area contributed by atoms with Crippen molar-refractivity contribution in [3.8, 4) is 16.3 Å². The van der Waals surface area contributed by atoms with Crippen LogP contribution in [0, 0.1) is 0 Å². The fourth-order valence-electron chi connectivity index (χ4n) is 2.69. The summed E-state index contributed by atoms with van der Waals surface area (Å²) in [6, 6.07) is 13.4. The number of aromatic amines is 1. The number of rotatable bonds is 5. The minimum atomic E-state index is -0.112. The molecule has 0 aliphatic heterocycles. The lowest BCUT2D eigenvalue weighted by Gasteiger charge is -2.04. The van der Waals surface area contributed by atoms with Crippen LogP contribution in [-0.4, -0.2) is 28.0 Å². The number of ether oxygens (including phenoxy) is 1. The Balaban J connectivity index is 1.46. The van der Waals surface area contributed by atoms with Crippen LogP contribution in [-0.2, 0) is 11.2 Å². The van der Waals surface area contributed by atoms with Crippen molar-refractivity contribution in [1.29, 1.82) is 0 Å². The van der Waals surface area contributed by atoms with Gasteiger partial charge in [-0.1, -0.05) is 12.1 Å². The van der Waals surface area contributed by atoms with Crippen LogP contribution in [0.3, 0.4) is 0 Å². The van der Waals surface area contributed by atoms with E-state index in [1.807, 2.05) is 47.8 Å². The third-order valence-corrected chi connectivity index (χ3v) is 4.83. The van der Waals surface area contributed by atoms with Crippen LogP contribution in [0.4, 0.5) is 5.82 Å². The third kappa shape index (κ3) is 3.43. The van der Waals surface area contributed by atoms with E-state index in [2.05, 4.69) is 20.3 Å². The molecule has 0 fully saturated rings. The highest BCUT2D eigenvalue weighted by atomic mass is 32.1.